The van der Waals surface area contributed by atoms with Crippen LogP contribution in [0.15, 0.2) is 27.1 Å². The summed E-state index contributed by atoms with van der Waals surface area (Å²) >= 11 is 10.5. The number of hydrogen-bond donors (Lipinski definition) is 1. The zero-order valence-corrected chi connectivity index (χ0v) is 16.0. The fourth-order valence-corrected chi connectivity index (χ4v) is 4.77. The molecule has 1 fully saturated rings. The predicted octanol–water partition coefficient (Wildman–Crippen LogP) is 5.29. The molecule has 1 N–H and O–H groups in total. The molecule has 2 rings (SSSR count). The van der Waals surface area contributed by atoms with E-state index in [1.165, 1.54) is 32.1 Å². The minimum atomic E-state index is -0.00195. The lowest BCUT2D eigenvalue weighted by molar-refractivity contribution is 0.0922. The molecular formula is C15H18Br3NO. The Morgan fingerprint density at radius 1 is 1.10 bits per heavy atom. The Morgan fingerprint density at radius 2 is 1.70 bits per heavy atom. The Kier molecular flexibility index (Phi) is 6.11. The smallest absolute Gasteiger partial charge is 0.251 e. The van der Waals surface area contributed by atoms with Crippen LogP contribution in [-0.2, 0) is 0 Å². The van der Waals surface area contributed by atoms with Crippen LogP contribution in [0.2, 0.25) is 0 Å². The molecule has 1 aliphatic rings. The standard InChI is InChI=1S/C15H18Br3NO/c16-9-15(4-2-1-3-5-15)10-19-14(20)11-6-12(17)8-13(18)7-11/h6-8H,1-5,9-10H2,(H,19,20). The summed E-state index contributed by atoms with van der Waals surface area (Å²) in [5, 5.41) is 4.07. The average Bonchev–Trinajstić information content (AvgIpc) is 2.45. The first-order chi connectivity index (χ1) is 9.54. The highest BCUT2D eigenvalue weighted by molar-refractivity contribution is 9.11. The summed E-state index contributed by atoms with van der Waals surface area (Å²) in [5.41, 5.74) is 0.920. The maximum absolute atomic E-state index is 12.3. The Hall–Kier alpha value is 0.130. The molecule has 0 spiro atoms. The molecule has 0 aromatic heterocycles. The van der Waals surface area contributed by atoms with E-state index < -0.39 is 0 Å². The number of carbonyl (C=O) groups is 1. The van der Waals surface area contributed by atoms with Gasteiger partial charge in [-0.3, -0.25) is 4.79 Å². The molecule has 0 saturated heterocycles. The zero-order valence-electron chi connectivity index (χ0n) is 11.2. The number of nitrogens with one attached hydrogen (secondary N) is 1. The fourth-order valence-electron chi connectivity index (χ4n) is 2.71. The van der Waals surface area contributed by atoms with Crippen LogP contribution in [0.5, 0.6) is 0 Å². The van der Waals surface area contributed by atoms with Crippen molar-refractivity contribution in [2.75, 3.05) is 11.9 Å². The summed E-state index contributed by atoms with van der Waals surface area (Å²) in [6, 6.07) is 5.63. The van der Waals surface area contributed by atoms with E-state index in [1.54, 1.807) is 0 Å². The number of halogens is 3. The molecule has 2 nitrogen and oxygen atoms in total. The molecule has 1 aliphatic carbocycles. The number of alkyl halides is 1. The van der Waals surface area contributed by atoms with Gasteiger partial charge < -0.3 is 5.32 Å². The minimum absolute atomic E-state index is 0.00195. The molecule has 0 aliphatic heterocycles. The van der Waals surface area contributed by atoms with E-state index in [4.69, 9.17) is 0 Å². The second kappa shape index (κ2) is 7.41. The molecule has 1 amide bonds. The Balaban J connectivity index is 2.00. The number of amides is 1. The van der Waals surface area contributed by atoms with Crippen LogP contribution in [-0.4, -0.2) is 17.8 Å². The summed E-state index contributed by atoms with van der Waals surface area (Å²) in [7, 11) is 0. The van der Waals surface area contributed by atoms with Crippen molar-refractivity contribution in [3.63, 3.8) is 0 Å². The van der Waals surface area contributed by atoms with E-state index in [9.17, 15) is 4.79 Å². The molecule has 0 bridgehead atoms. The number of carbonyl (C=O) groups excluding carboxylic acids is 1. The zero-order chi connectivity index (χ0) is 14.6. The van der Waals surface area contributed by atoms with Crippen molar-refractivity contribution in [2.45, 2.75) is 32.1 Å². The van der Waals surface area contributed by atoms with Crippen molar-refractivity contribution in [3.8, 4) is 0 Å². The number of benzene rings is 1. The lowest BCUT2D eigenvalue weighted by Gasteiger charge is -2.35. The predicted molar refractivity (Wildman–Crippen MR) is 93.5 cm³/mol. The molecular weight excluding hydrogens is 450 g/mol. The monoisotopic (exact) mass is 465 g/mol. The Bertz CT molecular complexity index is 464. The molecule has 0 heterocycles. The first-order valence-corrected chi connectivity index (χ1v) is 9.56. The molecule has 0 unspecified atom stereocenters. The van der Waals surface area contributed by atoms with Gasteiger partial charge in [0.1, 0.15) is 0 Å². The highest BCUT2D eigenvalue weighted by atomic mass is 79.9. The first kappa shape index (κ1) is 16.5. The Labute approximate surface area is 145 Å². The SMILES string of the molecule is O=C(NCC1(CBr)CCCCC1)c1cc(Br)cc(Br)c1. The van der Waals surface area contributed by atoms with Gasteiger partial charge in [0.15, 0.2) is 0 Å². The van der Waals surface area contributed by atoms with Crippen LogP contribution in [0.25, 0.3) is 0 Å². The van der Waals surface area contributed by atoms with E-state index in [0.29, 0.717) is 5.56 Å². The number of rotatable bonds is 4. The van der Waals surface area contributed by atoms with Gasteiger partial charge in [-0.2, -0.15) is 0 Å². The molecule has 0 radical (unpaired) electrons. The van der Waals surface area contributed by atoms with E-state index in [-0.39, 0.29) is 11.3 Å². The molecule has 20 heavy (non-hydrogen) atoms. The quantitative estimate of drug-likeness (QED) is 0.599. The van der Waals surface area contributed by atoms with E-state index in [1.807, 2.05) is 18.2 Å². The van der Waals surface area contributed by atoms with E-state index >= 15 is 0 Å². The van der Waals surface area contributed by atoms with Crippen molar-refractivity contribution in [3.05, 3.63) is 32.7 Å². The highest BCUT2D eigenvalue weighted by Gasteiger charge is 2.31. The average molecular weight is 468 g/mol. The van der Waals surface area contributed by atoms with Gasteiger partial charge in [0.2, 0.25) is 0 Å². The van der Waals surface area contributed by atoms with Crippen molar-refractivity contribution in [1.82, 2.24) is 5.32 Å². The second-order valence-corrected chi connectivity index (χ2v) is 7.93. The van der Waals surface area contributed by atoms with Crippen molar-refractivity contribution < 1.29 is 4.79 Å². The van der Waals surface area contributed by atoms with Gasteiger partial charge in [-0.15, -0.1) is 0 Å². The van der Waals surface area contributed by atoms with Gasteiger partial charge >= 0.3 is 0 Å². The molecule has 5 heteroatoms. The lowest BCUT2D eigenvalue weighted by Crippen LogP contribution is -2.40. The van der Waals surface area contributed by atoms with Crippen LogP contribution < -0.4 is 5.32 Å². The van der Waals surface area contributed by atoms with Crippen molar-refractivity contribution in [1.29, 1.82) is 0 Å². The summed E-state index contributed by atoms with van der Waals surface area (Å²) in [4.78, 5) is 12.3. The van der Waals surface area contributed by atoms with Gasteiger partial charge in [-0.25, -0.2) is 0 Å². The summed E-state index contributed by atoms with van der Waals surface area (Å²) in [6.07, 6.45) is 6.25. The Morgan fingerprint density at radius 3 is 2.25 bits per heavy atom. The normalized spacial score (nSPS) is 17.8. The maximum Gasteiger partial charge on any atom is 0.251 e. The molecule has 0 atom stereocenters. The molecule has 1 aromatic carbocycles. The summed E-state index contributed by atoms with van der Waals surface area (Å²) in [6.45, 7) is 0.751. The van der Waals surface area contributed by atoms with Gasteiger partial charge in [0, 0.05) is 26.4 Å². The minimum Gasteiger partial charge on any atom is -0.351 e. The molecule has 1 saturated carbocycles. The van der Waals surface area contributed by atoms with E-state index in [0.717, 1.165) is 20.8 Å². The largest absolute Gasteiger partial charge is 0.351 e. The second-order valence-electron chi connectivity index (χ2n) is 5.54. The summed E-state index contributed by atoms with van der Waals surface area (Å²) in [5.74, 6) is -0.00195. The highest BCUT2D eigenvalue weighted by Crippen LogP contribution is 2.37. The van der Waals surface area contributed by atoms with E-state index in [2.05, 4.69) is 53.1 Å². The van der Waals surface area contributed by atoms with Gasteiger partial charge in [-0.05, 0) is 36.5 Å². The first-order valence-electron chi connectivity index (χ1n) is 6.85. The third kappa shape index (κ3) is 4.31. The van der Waals surface area contributed by atoms with Crippen LogP contribution in [0.1, 0.15) is 42.5 Å². The summed E-state index contributed by atoms with van der Waals surface area (Å²) < 4.78 is 1.81. The third-order valence-corrected chi connectivity index (χ3v) is 6.05. The molecule has 110 valence electrons. The number of hydrogen-bond acceptors (Lipinski definition) is 1. The van der Waals surface area contributed by atoms with Crippen molar-refractivity contribution in [2.24, 2.45) is 5.41 Å². The van der Waals surface area contributed by atoms with Gasteiger partial charge in [-0.1, -0.05) is 67.1 Å². The van der Waals surface area contributed by atoms with Crippen LogP contribution >= 0.6 is 47.8 Å². The maximum atomic E-state index is 12.3. The lowest BCUT2D eigenvalue weighted by atomic mass is 9.75. The van der Waals surface area contributed by atoms with Gasteiger partial charge in [0.25, 0.3) is 5.91 Å². The van der Waals surface area contributed by atoms with Crippen LogP contribution in [0.4, 0.5) is 0 Å². The van der Waals surface area contributed by atoms with Gasteiger partial charge in [0.05, 0.1) is 0 Å². The topological polar surface area (TPSA) is 29.1 Å². The third-order valence-electron chi connectivity index (χ3n) is 3.95. The molecule has 1 aromatic rings. The van der Waals surface area contributed by atoms with Crippen molar-refractivity contribution >= 4 is 53.7 Å². The van der Waals surface area contributed by atoms with Crippen LogP contribution in [0.3, 0.4) is 0 Å². The van der Waals surface area contributed by atoms with Crippen LogP contribution in [0, 0.1) is 5.41 Å². The fraction of sp³-hybridized carbons (Fsp3) is 0.533.